The van der Waals surface area contributed by atoms with Crippen LogP contribution in [0.4, 0.5) is 11.4 Å². The minimum absolute atomic E-state index is 0.154. The highest BCUT2D eigenvalue weighted by molar-refractivity contribution is 7.91. The summed E-state index contributed by atoms with van der Waals surface area (Å²) in [4.78, 5) is 0.308. The first kappa shape index (κ1) is 24.3. The van der Waals surface area contributed by atoms with Gasteiger partial charge in [-0.3, -0.25) is 0 Å². The molecule has 0 aliphatic heterocycles. The summed E-state index contributed by atoms with van der Waals surface area (Å²) in [6.45, 7) is 0. The molecular formula is C26H20N2O4S3. The van der Waals surface area contributed by atoms with Gasteiger partial charge in [0.1, 0.15) is 11.5 Å². The standard InChI is InChI=1S/C26H20N2O4S3/c29-35(30,23-15-11-19(12-16-23)27-25(33)31-21-7-3-1-4-8-21)24-17-13-20(14-18-24)28-26(34)32-22-9-5-2-6-10-22/h1-18H,(H,27,33)(H,28,34). The van der Waals surface area contributed by atoms with Gasteiger partial charge in [0.25, 0.3) is 10.3 Å². The topological polar surface area (TPSA) is 76.7 Å². The van der Waals surface area contributed by atoms with Crippen LogP contribution >= 0.6 is 24.4 Å². The minimum atomic E-state index is -3.71. The zero-order valence-electron chi connectivity index (χ0n) is 18.3. The first-order chi connectivity index (χ1) is 16.9. The summed E-state index contributed by atoms with van der Waals surface area (Å²) < 4.78 is 37.2. The third kappa shape index (κ3) is 6.63. The van der Waals surface area contributed by atoms with E-state index in [2.05, 4.69) is 10.6 Å². The highest BCUT2D eigenvalue weighted by Crippen LogP contribution is 2.24. The summed E-state index contributed by atoms with van der Waals surface area (Å²) in [5.41, 5.74) is 1.22. The first-order valence-corrected chi connectivity index (χ1v) is 12.7. The first-order valence-electron chi connectivity index (χ1n) is 10.4. The monoisotopic (exact) mass is 520 g/mol. The molecule has 9 heteroatoms. The molecule has 0 bridgehead atoms. The van der Waals surface area contributed by atoms with Crippen molar-refractivity contribution >= 4 is 56.0 Å². The maximum Gasteiger partial charge on any atom is 0.266 e. The van der Waals surface area contributed by atoms with Crippen molar-refractivity contribution in [3.63, 3.8) is 0 Å². The molecular weight excluding hydrogens is 500 g/mol. The lowest BCUT2D eigenvalue weighted by Gasteiger charge is -2.11. The van der Waals surface area contributed by atoms with Crippen molar-refractivity contribution in [3.05, 3.63) is 109 Å². The molecule has 0 spiro atoms. The summed E-state index contributed by atoms with van der Waals surface area (Å²) in [6, 6.07) is 30.8. The third-order valence-corrected chi connectivity index (χ3v) is 6.89. The van der Waals surface area contributed by atoms with Crippen molar-refractivity contribution in [2.24, 2.45) is 0 Å². The molecule has 0 fully saturated rings. The molecule has 0 saturated carbocycles. The van der Waals surface area contributed by atoms with E-state index in [1.807, 2.05) is 36.4 Å². The zero-order chi connectivity index (χ0) is 24.7. The van der Waals surface area contributed by atoms with E-state index in [4.69, 9.17) is 33.9 Å². The molecule has 6 nitrogen and oxygen atoms in total. The Morgan fingerprint density at radius 2 is 0.886 bits per heavy atom. The molecule has 4 rings (SSSR count). The number of rotatable bonds is 6. The van der Waals surface area contributed by atoms with E-state index in [9.17, 15) is 8.42 Å². The Bertz CT molecular complexity index is 1300. The van der Waals surface area contributed by atoms with Crippen LogP contribution in [-0.2, 0) is 9.84 Å². The number of ether oxygens (including phenoxy) is 2. The van der Waals surface area contributed by atoms with Gasteiger partial charge in [0.15, 0.2) is 0 Å². The van der Waals surface area contributed by atoms with Gasteiger partial charge >= 0.3 is 0 Å². The number of sulfone groups is 1. The molecule has 176 valence electrons. The number of nitrogens with one attached hydrogen (secondary N) is 2. The van der Waals surface area contributed by atoms with Gasteiger partial charge in [0.05, 0.1) is 9.79 Å². The van der Waals surface area contributed by atoms with Gasteiger partial charge < -0.3 is 20.1 Å². The Balaban J connectivity index is 1.38. The second-order valence-corrected chi connectivity index (χ2v) is 9.90. The van der Waals surface area contributed by atoms with Crippen LogP contribution < -0.4 is 20.1 Å². The van der Waals surface area contributed by atoms with E-state index in [1.165, 1.54) is 24.3 Å². The SMILES string of the molecule is O=S(=O)(c1ccc(NC(=S)Oc2ccccc2)cc1)c1ccc(NC(=S)Oc2ccccc2)cc1. The lowest BCUT2D eigenvalue weighted by atomic mass is 10.3. The van der Waals surface area contributed by atoms with Gasteiger partial charge in [-0.25, -0.2) is 8.42 Å². The summed E-state index contributed by atoms with van der Waals surface area (Å²) >= 11 is 10.4. The summed E-state index contributed by atoms with van der Waals surface area (Å²) in [6.07, 6.45) is 0. The van der Waals surface area contributed by atoms with Crippen molar-refractivity contribution in [1.29, 1.82) is 0 Å². The Labute approximate surface area is 214 Å². The number of hydrogen-bond acceptors (Lipinski definition) is 6. The van der Waals surface area contributed by atoms with E-state index < -0.39 is 9.84 Å². The molecule has 0 unspecified atom stereocenters. The second kappa shape index (κ2) is 11.1. The fourth-order valence-electron chi connectivity index (χ4n) is 3.05. The van der Waals surface area contributed by atoms with E-state index in [0.717, 1.165) is 0 Å². The summed E-state index contributed by atoms with van der Waals surface area (Å²) in [5.74, 6) is 1.21. The van der Waals surface area contributed by atoms with E-state index in [0.29, 0.717) is 22.9 Å². The minimum Gasteiger partial charge on any atom is -0.432 e. The van der Waals surface area contributed by atoms with Gasteiger partial charge in [0, 0.05) is 11.4 Å². The number of hydrogen-bond donors (Lipinski definition) is 2. The van der Waals surface area contributed by atoms with Gasteiger partial charge in [-0.15, -0.1) is 0 Å². The van der Waals surface area contributed by atoms with Crippen LogP contribution in [0.25, 0.3) is 0 Å². The van der Waals surface area contributed by atoms with Gasteiger partial charge in [-0.1, -0.05) is 36.4 Å². The smallest absolute Gasteiger partial charge is 0.266 e. The predicted molar refractivity (Wildman–Crippen MR) is 145 cm³/mol. The van der Waals surface area contributed by atoms with Crippen molar-refractivity contribution < 1.29 is 17.9 Å². The molecule has 0 aliphatic carbocycles. The molecule has 0 heterocycles. The van der Waals surface area contributed by atoms with Crippen LogP contribution in [0.2, 0.25) is 0 Å². The fourth-order valence-corrected chi connectivity index (χ4v) is 4.74. The average molecular weight is 521 g/mol. The van der Waals surface area contributed by atoms with Crippen LogP contribution in [-0.4, -0.2) is 18.8 Å². The number of benzene rings is 4. The van der Waals surface area contributed by atoms with E-state index in [-0.39, 0.29) is 20.1 Å². The Kier molecular flexibility index (Phi) is 7.71. The molecule has 0 aromatic heterocycles. The summed E-state index contributed by atoms with van der Waals surface area (Å²) in [7, 11) is -3.71. The highest BCUT2D eigenvalue weighted by Gasteiger charge is 2.18. The largest absolute Gasteiger partial charge is 0.432 e. The summed E-state index contributed by atoms with van der Waals surface area (Å²) in [5, 5.41) is 6.18. The van der Waals surface area contributed by atoms with Crippen molar-refractivity contribution in [1.82, 2.24) is 0 Å². The molecule has 4 aromatic rings. The number of thiocarbonyl (C=S) groups is 2. The second-order valence-electron chi connectivity index (χ2n) is 7.21. The normalized spacial score (nSPS) is 10.7. The van der Waals surface area contributed by atoms with Crippen molar-refractivity contribution in [2.45, 2.75) is 9.79 Å². The van der Waals surface area contributed by atoms with Crippen LogP contribution in [0, 0.1) is 0 Å². The average Bonchev–Trinajstić information content (AvgIpc) is 2.86. The Morgan fingerprint density at radius 3 is 1.23 bits per heavy atom. The molecule has 2 N–H and O–H groups in total. The maximum atomic E-state index is 13.0. The Hall–Kier alpha value is -3.79. The molecule has 0 amide bonds. The lowest BCUT2D eigenvalue weighted by Crippen LogP contribution is -2.16. The van der Waals surface area contributed by atoms with Crippen molar-refractivity contribution in [2.75, 3.05) is 10.6 Å². The third-order valence-electron chi connectivity index (χ3n) is 4.73. The van der Waals surface area contributed by atoms with E-state index in [1.54, 1.807) is 48.5 Å². The van der Waals surface area contributed by atoms with Crippen LogP contribution in [0.3, 0.4) is 0 Å². The molecule has 0 radical (unpaired) electrons. The quantitative estimate of drug-likeness (QED) is 0.297. The molecule has 0 saturated heterocycles. The maximum absolute atomic E-state index is 13.0. The fraction of sp³-hybridized carbons (Fsp3) is 0. The van der Waals surface area contributed by atoms with Crippen molar-refractivity contribution in [3.8, 4) is 11.5 Å². The molecule has 0 aliphatic rings. The molecule has 0 atom stereocenters. The van der Waals surface area contributed by atoms with Gasteiger partial charge in [-0.05, 0) is 97.2 Å². The van der Waals surface area contributed by atoms with E-state index >= 15 is 0 Å². The van der Waals surface area contributed by atoms with Crippen LogP contribution in [0.15, 0.2) is 119 Å². The van der Waals surface area contributed by atoms with Gasteiger partial charge in [-0.2, -0.15) is 0 Å². The zero-order valence-corrected chi connectivity index (χ0v) is 20.7. The molecule has 4 aromatic carbocycles. The van der Waals surface area contributed by atoms with Crippen LogP contribution in [0.5, 0.6) is 11.5 Å². The number of para-hydroxylation sites is 2. The molecule has 35 heavy (non-hydrogen) atoms. The number of anilines is 2. The van der Waals surface area contributed by atoms with Gasteiger partial charge in [0.2, 0.25) is 9.84 Å². The Morgan fingerprint density at radius 1 is 0.543 bits per heavy atom. The predicted octanol–water partition coefficient (Wildman–Crippen LogP) is 6.07. The lowest BCUT2D eigenvalue weighted by molar-refractivity contribution is 0.563. The highest BCUT2D eigenvalue weighted by atomic mass is 32.2. The van der Waals surface area contributed by atoms with Crippen LogP contribution in [0.1, 0.15) is 0 Å².